The lowest BCUT2D eigenvalue weighted by Gasteiger charge is -2.21. The molecule has 174 valence electrons. The maximum Gasteiger partial charge on any atom is 0.243 e. The Hall–Kier alpha value is -2.87. The molecule has 8 heteroatoms. The Kier molecular flexibility index (Phi) is 7.79. The molecule has 0 aliphatic rings. The number of ether oxygens (including phenoxy) is 1. The van der Waals surface area contributed by atoms with E-state index in [1.165, 1.54) is 7.11 Å². The molecule has 0 aromatic heterocycles. The van der Waals surface area contributed by atoms with Gasteiger partial charge in [0.05, 0.1) is 17.7 Å². The van der Waals surface area contributed by atoms with Crippen molar-refractivity contribution in [1.82, 2.24) is 4.72 Å². The molecule has 0 aliphatic heterocycles. The van der Waals surface area contributed by atoms with E-state index < -0.39 is 22.0 Å². The highest BCUT2D eigenvalue weighted by Crippen LogP contribution is 2.28. The first-order chi connectivity index (χ1) is 15.6. The molecule has 0 saturated heterocycles. The predicted octanol–water partition coefficient (Wildman–Crippen LogP) is 4.80. The third kappa shape index (κ3) is 6.13. The third-order valence-electron chi connectivity index (χ3n) is 5.19. The molecule has 3 rings (SSSR count). The molecular weight excluding hydrogens is 460 g/mol. The fraction of sp³-hybridized carbons (Fsp3) is 0.240. The zero-order valence-electron chi connectivity index (χ0n) is 19.0. The quantitative estimate of drug-likeness (QED) is 0.479. The van der Waals surface area contributed by atoms with Gasteiger partial charge in [-0.25, -0.2) is 8.42 Å². The van der Waals surface area contributed by atoms with Gasteiger partial charge in [0.15, 0.2) is 0 Å². The lowest BCUT2D eigenvalue weighted by Crippen LogP contribution is -2.45. The molecule has 0 radical (unpaired) electrons. The van der Waals surface area contributed by atoms with Gasteiger partial charge in [-0.05, 0) is 62.1 Å². The number of aryl methyl sites for hydroxylation is 3. The van der Waals surface area contributed by atoms with Gasteiger partial charge in [0.1, 0.15) is 11.8 Å². The molecule has 6 nitrogen and oxygen atoms in total. The van der Waals surface area contributed by atoms with E-state index in [4.69, 9.17) is 16.3 Å². The Bertz CT molecular complexity index is 1240. The van der Waals surface area contributed by atoms with Gasteiger partial charge < -0.3 is 10.1 Å². The van der Waals surface area contributed by atoms with E-state index in [1.54, 1.807) is 32.0 Å². The number of methoxy groups -OCH3 is 1. The summed E-state index contributed by atoms with van der Waals surface area (Å²) in [7, 11) is -2.51. The first-order valence-electron chi connectivity index (χ1n) is 10.4. The van der Waals surface area contributed by atoms with Crippen LogP contribution in [0.1, 0.15) is 22.3 Å². The number of carbonyl (C=O) groups excluding carboxylic acids is 1. The second kappa shape index (κ2) is 10.4. The van der Waals surface area contributed by atoms with E-state index in [0.29, 0.717) is 27.6 Å². The summed E-state index contributed by atoms with van der Waals surface area (Å²) in [6, 6.07) is 16.6. The fourth-order valence-corrected chi connectivity index (χ4v) is 5.69. The van der Waals surface area contributed by atoms with Gasteiger partial charge in [0, 0.05) is 5.02 Å². The van der Waals surface area contributed by atoms with Crippen LogP contribution in [0.4, 0.5) is 5.69 Å². The molecule has 33 heavy (non-hydrogen) atoms. The van der Waals surface area contributed by atoms with Crippen LogP contribution in [0.5, 0.6) is 5.75 Å². The summed E-state index contributed by atoms with van der Waals surface area (Å²) in [5, 5.41) is 3.17. The number of hydrogen-bond acceptors (Lipinski definition) is 4. The Labute approximate surface area is 200 Å². The van der Waals surface area contributed by atoms with Crippen LogP contribution in [0.25, 0.3) is 0 Å². The van der Waals surface area contributed by atoms with E-state index in [0.717, 1.165) is 11.1 Å². The normalized spacial score (nSPS) is 12.3. The Morgan fingerprint density at radius 3 is 2.24 bits per heavy atom. The summed E-state index contributed by atoms with van der Waals surface area (Å²) in [6.07, 6.45) is 0.165. The molecule has 0 unspecified atom stereocenters. The van der Waals surface area contributed by atoms with Gasteiger partial charge in [-0.2, -0.15) is 4.72 Å². The van der Waals surface area contributed by atoms with Crippen molar-refractivity contribution >= 4 is 33.2 Å². The monoisotopic (exact) mass is 486 g/mol. The Morgan fingerprint density at radius 2 is 1.64 bits per heavy atom. The number of hydrogen-bond donors (Lipinski definition) is 2. The number of amides is 1. The topological polar surface area (TPSA) is 84.5 Å². The average molecular weight is 487 g/mol. The zero-order chi connectivity index (χ0) is 24.2. The van der Waals surface area contributed by atoms with Gasteiger partial charge >= 0.3 is 0 Å². The maximum absolute atomic E-state index is 13.4. The van der Waals surface area contributed by atoms with Crippen molar-refractivity contribution in [2.24, 2.45) is 0 Å². The predicted molar refractivity (Wildman–Crippen MR) is 132 cm³/mol. The van der Waals surface area contributed by atoms with Crippen LogP contribution < -0.4 is 14.8 Å². The molecule has 0 spiro atoms. The first kappa shape index (κ1) is 24.8. The molecule has 0 bridgehead atoms. The number of halogens is 1. The molecular formula is C25H27ClN2O4S. The van der Waals surface area contributed by atoms with E-state index in [9.17, 15) is 13.2 Å². The minimum Gasteiger partial charge on any atom is -0.495 e. The highest BCUT2D eigenvalue weighted by molar-refractivity contribution is 7.89. The van der Waals surface area contributed by atoms with Crippen LogP contribution in [0.15, 0.2) is 65.6 Å². The van der Waals surface area contributed by atoms with Gasteiger partial charge in [-0.1, -0.05) is 59.6 Å². The van der Waals surface area contributed by atoms with Crippen molar-refractivity contribution in [3.05, 3.63) is 87.9 Å². The van der Waals surface area contributed by atoms with Gasteiger partial charge in [-0.15, -0.1) is 0 Å². The largest absolute Gasteiger partial charge is 0.495 e. The molecule has 2 N–H and O–H groups in total. The summed E-state index contributed by atoms with van der Waals surface area (Å²) in [5.41, 5.74) is 3.38. The summed E-state index contributed by atoms with van der Waals surface area (Å²) >= 11 is 6.08. The van der Waals surface area contributed by atoms with Crippen LogP contribution in [-0.4, -0.2) is 27.5 Å². The van der Waals surface area contributed by atoms with Crippen LogP contribution in [0.2, 0.25) is 5.02 Å². The van der Waals surface area contributed by atoms with Crippen molar-refractivity contribution < 1.29 is 17.9 Å². The van der Waals surface area contributed by atoms with Gasteiger partial charge in [0.25, 0.3) is 0 Å². The van der Waals surface area contributed by atoms with Gasteiger partial charge in [0.2, 0.25) is 15.9 Å². The first-order valence-corrected chi connectivity index (χ1v) is 12.3. The SMILES string of the molecule is COc1ccc(Cl)cc1NC(=O)[C@H](Cc1ccccc1)NS(=O)(=O)c1c(C)cc(C)cc1C. The summed E-state index contributed by atoms with van der Waals surface area (Å²) in [4.78, 5) is 13.5. The zero-order valence-corrected chi connectivity index (χ0v) is 20.5. The highest BCUT2D eigenvalue weighted by Gasteiger charge is 2.29. The molecule has 1 amide bonds. The van der Waals surface area contributed by atoms with Crippen molar-refractivity contribution in [1.29, 1.82) is 0 Å². The van der Waals surface area contributed by atoms with Crippen molar-refractivity contribution in [2.75, 3.05) is 12.4 Å². The maximum atomic E-state index is 13.4. The Balaban J connectivity index is 1.97. The Morgan fingerprint density at radius 1 is 1.00 bits per heavy atom. The molecule has 3 aromatic rings. The van der Waals surface area contributed by atoms with E-state index in [-0.39, 0.29) is 11.3 Å². The second-order valence-corrected chi connectivity index (χ2v) is 10.0. The number of sulfonamides is 1. The van der Waals surface area contributed by atoms with E-state index >= 15 is 0 Å². The lowest BCUT2D eigenvalue weighted by atomic mass is 10.1. The fourth-order valence-electron chi connectivity index (χ4n) is 3.87. The smallest absolute Gasteiger partial charge is 0.243 e. The highest BCUT2D eigenvalue weighted by atomic mass is 35.5. The molecule has 3 aromatic carbocycles. The summed E-state index contributed by atoms with van der Waals surface area (Å²) < 4.78 is 34.7. The molecule has 0 aliphatic carbocycles. The van der Waals surface area contributed by atoms with Crippen molar-refractivity contribution in [2.45, 2.75) is 38.1 Å². The van der Waals surface area contributed by atoms with Crippen molar-refractivity contribution in [3.63, 3.8) is 0 Å². The minimum absolute atomic E-state index is 0.165. The van der Waals surface area contributed by atoms with E-state index in [1.807, 2.05) is 49.4 Å². The van der Waals surface area contributed by atoms with Crippen molar-refractivity contribution in [3.8, 4) is 5.75 Å². The number of nitrogens with one attached hydrogen (secondary N) is 2. The van der Waals surface area contributed by atoms with Crippen LogP contribution in [0, 0.1) is 20.8 Å². The number of carbonyl (C=O) groups is 1. The standard InChI is InChI=1S/C25H27ClN2O4S/c1-16-12-17(2)24(18(3)13-16)33(30,31)28-22(14-19-8-6-5-7-9-19)25(29)27-21-15-20(26)10-11-23(21)32-4/h5-13,15,22,28H,14H2,1-4H3,(H,27,29)/t22-/m0/s1. The number of rotatable bonds is 8. The number of anilines is 1. The lowest BCUT2D eigenvalue weighted by molar-refractivity contribution is -0.117. The molecule has 0 fully saturated rings. The molecule has 0 heterocycles. The second-order valence-electron chi connectivity index (χ2n) is 7.93. The minimum atomic E-state index is -3.99. The van der Waals surface area contributed by atoms with E-state index in [2.05, 4.69) is 10.0 Å². The van der Waals surface area contributed by atoms with Gasteiger partial charge in [-0.3, -0.25) is 4.79 Å². The number of benzene rings is 3. The molecule has 0 saturated carbocycles. The molecule has 1 atom stereocenters. The average Bonchev–Trinajstić information content (AvgIpc) is 2.73. The van der Waals surface area contributed by atoms with Crippen LogP contribution >= 0.6 is 11.6 Å². The third-order valence-corrected chi connectivity index (χ3v) is 7.20. The van der Waals surface area contributed by atoms with Crippen LogP contribution in [-0.2, 0) is 21.2 Å². The van der Waals surface area contributed by atoms with Crippen LogP contribution in [0.3, 0.4) is 0 Å². The summed E-state index contributed by atoms with van der Waals surface area (Å²) in [6.45, 7) is 5.41. The summed E-state index contributed by atoms with van der Waals surface area (Å²) in [5.74, 6) is -0.107.